The topological polar surface area (TPSA) is 58.5 Å². The molecule has 0 bridgehead atoms. The molecule has 1 aliphatic heterocycles. The predicted molar refractivity (Wildman–Crippen MR) is 72.6 cm³/mol. The van der Waals surface area contributed by atoms with Crippen LogP contribution in [-0.2, 0) is 0 Å². The number of nitrogens with zero attached hydrogens (tertiary/aromatic N) is 3. The second-order valence-electron chi connectivity index (χ2n) is 5.78. The summed E-state index contributed by atoms with van der Waals surface area (Å²) in [5, 5.41) is 10.6. The van der Waals surface area contributed by atoms with Gasteiger partial charge in [-0.15, -0.1) is 0 Å². The normalized spacial score (nSPS) is 26.8. The summed E-state index contributed by atoms with van der Waals surface area (Å²) in [6, 6.07) is 0. The lowest BCUT2D eigenvalue weighted by molar-refractivity contribution is 0.0400. The smallest absolute Gasteiger partial charge is 0.221 e. The van der Waals surface area contributed by atoms with E-state index in [1.165, 1.54) is 0 Å². The fraction of sp³-hybridized carbons (Fsp3) is 0.714. The van der Waals surface area contributed by atoms with Crippen LogP contribution in [0.2, 0.25) is 0 Å². The molecule has 2 heterocycles. The summed E-state index contributed by atoms with van der Waals surface area (Å²) in [7, 11) is 1.63. The zero-order valence-electron chi connectivity index (χ0n) is 11.8. The highest BCUT2D eigenvalue weighted by Gasteiger charge is 2.48. The van der Waals surface area contributed by atoms with Gasteiger partial charge in [0.15, 0.2) is 0 Å². The van der Waals surface area contributed by atoms with Crippen LogP contribution in [0.3, 0.4) is 0 Å². The highest BCUT2D eigenvalue weighted by molar-refractivity contribution is 5.52. The van der Waals surface area contributed by atoms with Crippen LogP contribution in [0.1, 0.15) is 30.7 Å². The van der Waals surface area contributed by atoms with Gasteiger partial charge in [0, 0.05) is 13.1 Å². The number of hydrogen-bond donors (Lipinski definition) is 1. The standard InChI is InChI=1S/C14H21N3O2/c1-9-12(15-10(2)16-13(9)19-3)17-7-6-14(18,8-17)11-4-5-11/h11,18H,4-8H2,1-3H3. The monoisotopic (exact) mass is 263 g/mol. The number of β-amino-alcohol motifs (C(OH)–C–C–N with tert-alkyl or cyclic N) is 1. The van der Waals surface area contributed by atoms with Crippen LogP contribution in [0.15, 0.2) is 0 Å². The lowest BCUT2D eigenvalue weighted by Crippen LogP contribution is -2.35. The van der Waals surface area contributed by atoms with E-state index in [2.05, 4.69) is 14.9 Å². The van der Waals surface area contributed by atoms with Gasteiger partial charge in [-0.2, -0.15) is 4.98 Å². The molecule has 19 heavy (non-hydrogen) atoms. The molecule has 1 unspecified atom stereocenters. The Morgan fingerprint density at radius 2 is 2.05 bits per heavy atom. The maximum atomic E-state index is 10.6. The Balaban J connectivity index is 1.89. The maximum Gasteiger partial charge on any atom is 0.221 e. The molecule has 0 spiro atoms. The third-order valence-corrected chi connectivity index (χ3v) is 4.30. The molecule has 1 aliphatic carbocycles. The molecule has 104 valence electrons. The molecule has 2 aliphatic rings. The molecule has 2 fully saturated rings. The van der Waals surface area contributed by atoms with Crippen molar-refractivity contribution in [2.24, 2.45) is 5.92 Å². The molecule has 1 atom stereocenters. The molecule has 5 heteroatoms. The van der Waals surface area contributed by atoms with Crippen molar-refractivity contribution >= 4 is 5.82 Å². The van der Waals surface area contributed by atoms with E-state index < -0.39 is 5.60 Å². The lowest BCUT2D eigenvalue weighted by atomic mass is 9.97. The summed E-state index contributed by atoms with van der Waals surface area (Å²) in [6.07, 6.45) is 3.16. The first-order valence-electron chi connectivity index (χ1n) is 6.90. The largest absolute Gasteiger partial charge is 0.481 e. The van der Waals surface area contributed by atoms with Crippen LogP contribution in [0.5, 0.6) is 5.88 Å². The Morgan fingerprint density at radius 1 is 1.32 bits per heavy atom. The molecule has 1 aromatic heterocycles. The van der Waals surface area contributed by atoms with Gasteiger partial charge in [-0.3, -0.25) is 0 Å². The highest BCUT2D eigenvalue weighted by atomic mass is 16.5. The Morgan fingerprint density at radius 3 is 2.68 bits per heavy atom. The van der Waals surface area contributed by atoms with Gasteiger partial charge in [-0.25, -0.2) is 4.98 Å². The van der Waals surface area contributed by atoms with E-state index in [4.69, 9.17) is 4.74 Å². The number of rotatable bonds is 3. The predicted octanol–water partition coefficient (Wildman–Crippen LogP) is 1.45. The van der Waals surface area contributed by atoms with E-state index in [0.29, 0.717) is 24.2 Å². The molecule has 1 saturated carbocycles. The third-order valence-electron chi connectivity index (χ3n) is 4.30. The van der Waals surface area contributed by atoms with Gasteiger partial charge in [0.25, 0.3) is 0 Å². The van der Waals surface area contributed by atoms with Crippen LogP contribution in [0.25, 0.3) is 0 Å². The summed E-state index contributed by atoms with van der Waals surface area (Å²) >= 11 is 0. The molecule has 0 radical (unpaired) electrons. The average Bonchev–Trinajstić information content (AvgIpc) is 3.17. The zero-order chi connectivity index (χ0) is 13.6. The zero-order valence-corrected chi connectivity index (χ0v) is 11.8. The van der Waals surface area contributed by atoms with Crippen LogP contribution in [0, 0.1) is 19.8 Å². The van der Waals surface area contributed by atoms with Crippen molar-refractivity contribution in [1.29, 1.82) is 0 Å². The summed E-state index contributed by atoms with van der Waals surface area (Å²) in [4.78, 5) is 11.0. The minimum atomic E-state index is -0.515. The number of ether oxygens (including phenoxy) is 1. The number of aryl methyl sites for hydroxylation is 1. The van der Waals surface area contributed by atoms with Gasteiger partial charge >= 0.3 is 0 Å². The molecule has 0 amide bonds. The summed E-state index contributed by atoms with van der Waals surface area (Å²) in [5.74, 6) is 2.73. The molecular formula is C14H21N3O2. The summed E-state index contributed by atoms with van der Waals surface area (Å²) in [5.41, 5.74) is 0.437. The first-order valence-corrected chi connectivity index (χ1v) is 6.90. The van der Waals surface area contributed by atoms with Crippen molar-refractivity contribution in [3.8, 4) is 5.88 Å². The Hall–Kier alpha value is -1.36. The number of anilines is 1. The van der Waals surface area contributed by atoms with Crippen molar-refractivity contribution in [2.45, 2.75) is 38.7 Å². The van der Waals surface area contributed by atoms with Crippen molar-refractivity contribution in [3.63, 3.8) is 0 Å². The summed E-state index contributed by atoms with van der Waals surface area (Å²) in [6.45, 7) is 5.38. The van der Waals surface area contributed by atoms with Gasteiger partial charge < -0.3 is 14.7 Å². The van der Waals surface area contributed by atoms with Crippen molar-refractivity contribution in [2.75, 3.05) is 25.1 Å². The maximum absolute atomic E-state index is 10.6. The number of aromatic nitrogens is 2. The van der Waals surface area contributed by atoms with E-state index in [-0.39, 0.29) is 0 Å². The Kier molecular flexibility index (Phi) is 2.89. The molecule has 5 nitrogen and oxygen atoms in total. The van der Waals surface area contributed by atoms with Crippen LogP contribution < -0.4 is 9.64 Å². The minimum absolute atomic E-state index is 0.489. The van der Waals surface area contributed by atoms with Gasteiger partial charge in [-0.05, 0) is 39.0 Å². The van der Waals surface area contributed by atoms with E-state index in [9.17, 15) is 5.11 Å². The number of aliphatic hydroxyl groups is 1. The van der Waals surface area contributed by atoms with E-state index in [0.717, 1.165) is 37.2 Å². The molecular weight excluding hydrogens is 242 g/mol. The Bertz CT molecular complexity index is 502. The average molecular weight is 263 g/mol. The first kappa shape index (κ1) is 12.7. The second-order valence-corrected chi connectivity index (χ2v) is 5.78. The first-order chi connectivity index (χ1) is 9.03. The van der Waals surface area contributed by atoms with Crippen LogP contribution >= 0.6 is 0 Å². The van der Waals surface area contributed by atoms with Crippen LogP contribution in [-0.4, -0.2) is 40.9 Å². The summed E-state index contributed by atoms with van der Waals surface area (Å²) < 4.78 is 5.30. The molecule has 3 rings (SSSR count). The molecule has 0 aromatic carbocycles. The van der Waals surface area contributed by atoms with Crippen molar-refractivity contribution < 1.29 is 9.84 Å². The van der Waals surface area contributed by atoms with Crippen LogP contribution in [0.4, 0.5) is 5.82 Å². The van der Waals surface area contributed by atoms with Gasteiger partial charge in [-0.1, -0.05) is 0 Å². The number of methoxy groups -OCH3 is 1. The molecule has 1 saturated heterocycles. The fourth-order valence-corrected chi connectivity index (χ4v) is 3.05. The van der Waals surface area contributed by atoms with Crippen molar-refractivity contribution in [3.05, 3.63) is 11.4 Å². The highest BCUT2D eigenvalue weighted by Crippen LogP contribution is 2.45. The van der Waals surface area contributed by atoms with Gasteiger partial charge in [0.2, 0.25) is 5.88 Å². The van der Waals surface area contributed by atoms with Gasteiger partial charge in [0.05, 0.1) is 18.3 Å². The lowest BCUT2D eigenvalue weighted by Gasteiger charge is -2.25. The van der Waals surface area contributed by atoms with E-state index in [1.807, 2.05) is 13.8 Å². The SMILES string of the molecule is COc1nc(C)nc(N2CCC(O)(C3CC3)C2)c1C. The van der Waals surface area contributed by atoms with Crippen molar-refractivity contribution in [1.82, 2.24) is 9.97 Å². The van der Waals surface area contributed by atoms with E-state index >= 15 is 0 Å². The quantitative estimate of drug-likeness (QED) is 0.894. The Labute approximate surface area is 113 Å². The number of hydrogen-bond acceptors (Lipinski definition) is 5. The third kappa shape index (κ3) is 2.16. The minimum Gasteiger partial charge on any atom is -0.481 e. The molecule has 1 N–H and O–H groups in total. The second kappa shape index (κ2) is 4.34. The fourth-order valence-electron chi connectivity index (χ4n) is 3.05. The van der Waals surface area contributed by atoms with E-state index in [1.54, 1.807) is 7.11 Å². The van der Waals surface area contributed by atoms with Gasteiger partial charge in [0.1, 0.15) is 11.6 Å². The molecule has 1 aromatic rings.